The zero-order valence-electron chi connectivity index (χ0n) is 14.7. The summed E-state index contributed by atoms with van der Waals surface area (Å²) < 4.78 is 5.69. The van der Waals surface area contributed by atoms with Gasteiger partial charge in [0.05, 0.1) is 17.3 Å². The van der Waals surface area contributed by atoms with Crippen molar-refractivity contribution >= 4 is 34.8 Å². The Morgan fingerprint density at radius 2 is 1.76 bits per heavy atom. The molecule has 3 nitrogen and oxygen atoms in total. The first-order valence-electron chi connectivity index (χ1n) is 8.24. The second kappa shape index (κ2) is 8.59. The first kappa shape index (κ1) is 19.6. The second-order valence-corrected chi connectivity index (χ2v) is 7.74. The van der Waals surface area contributed by atoms with Gasteiger partial charge in [0.1, 0.15) is 5.75 Å². The summed E-state index contributed by atoms with van der Waals surface area (Å²) in [5, 5.41) is 3.76. The van der Waals surface area contributed by atoms with Crippen molar-refractivity contribution in [1.82, 2.24) is 0 Å². The molecule has 0 aliphatic carbocycles. The predicted octanol–water partition coefficient (Wildman–Crippen LogP) is 6.09. The molecule has 0 aliphatic heterocycles. The minimum Gasteiger partial charge on any atom is -0.494 e. The topological polar surface area (TPSA) is 38.3 Å². The van der Waals surface area contributed by atoms with E-state index in [2.05, 4.69) is 38.2 Å². The summed E-state index contributed by atoms with van der Waals surface area (Å²) in [4.78, 5) is 12.0. The first-order valence-corrected chi connectivity index (χ1v) is 8.99. The van der Waals surface area contributed by atoms with Gasteiger partial charge in [-0.05, 0) is 47.7 Å². The summed E-state index contributed by atoms with van der Waals surface area (Å²) >= 11 is 11.9. The molecule has 5 heteroatoms. The number of hydrogen-bond donors (Lipinski definition) is 1. The molecule has 0 fully saturated rings. The van der Waals surface area contributed by atoms with Gasteiger partial charge in [0.2, 0.25) is 5.91 Å². The number of halogens is 2. The summed E-state index contributed by atoms with van der Waals surface area (Å²) in [5.74, 6) is 0.696. The number of ether oxygens (including phenoxy) is 1. The molecule has 2 aromatic rings. The highest BCUT2D eigenvalue weighted by Gasteiger charge is 2.13. The zero-order chi connectivity index (χ0) is 18.4. The summed E-state index contributed by atoms with van der Waals surface area (Å²) in [7, 11) is 0. The Labute approximate surface area is 159 Å². The molecule has 0 radical (unpaired) electrons. The summed E-state index contributed by atoms with van der Waals surface area (Å²) in [6.45, 7) is 7.00. The number of nitrogens with one attached hydrogen (secondary N) is 1. The van der Waals surface area contributed by atoms with E-state index in [4.69, 9.17) is 27.9 Å². The Morgan fingerprint density at radius 3 is 2.40 bits per heavy atom. The molecular formula is C20H23Cl2NO2. The van der Waals surface area contributed by atoms with Gasteiger partial charge in [0.15, 0.2) is 0 Å². The van der Waals surface area contributed by atoms with Crippen molar-refractivity contribution < 1.29 is 9.53 Å². The highest BCUT2D eigenvalue weighted by atomic mass is 35.5. The number of carbonyl (C=O) groups is 1. The van der Waals surface area contributed by atoms with Crippen LogP contribution >= 0.6 is 23.2 Å². The van der Waals surface area contributed by atoms with Gasteiger partial charge in [-0.3, -0.25) is 4.79 Å². The fraction of sp³-hybridized carbons (Fsp3) is 0.350. The smallest absolute Gasteiger partial charge is 0.224 e. The van der Waals surface area contributed by atoms with Crippen molar-refractivity contribution in [2.24, 2.45) is 0 Å². The Hall–Kier alpha value is -1.71. The summed E-state index contributed by atoms with van der Waals surface area (Å²) in [6.07, 6.45) is 0.966. The summed E-state index contributed by atoms with van der Waals surface area (Å²) in [6, 6.07) is 13.0. The molecule has 25 heavy (non-hydrogen) atoms. The van der Waals surface area contributed by atoms with Crippen LogP contribution in [-0.4, -0.2) is 12.5 Å². The quantitative estimate of drug-likeness (QED) is 0.616. The molecule has 2 rings (SSSR count). The van der Waals surface area contributed by atoms with Gasteiger partial charge >= 0.3 is 0 Å². The number of anilines is 1. The minimum atomic E-state index is -0.115. The van der Waals surface area contributed by atoms with E-state index in [1.165, 1.54) is 5.56 Å². The van der Waals surface area contributed by atoms with E-state index in [-0.39, 0.29) is 11.3 Å². The van der Waals surface area contributed by atoms with Gasteiger partial charge in [0.25, 0.3) is 0 Å². The fourth-order valence-electron chi connectivity index (χ4n) is 2.28. The van der Waals surface area contributed by atoms with Crippen LogP contribution in [0.4, 0.5) is 5.69 Å². The third kappa shape index (κ3) is 6.26. The maximum atomic E-state index is 12.0. The molecular weight excluding hydrogens is 357 g/mol. The second-order valence-electron chi connectivity index (χ2n) is 6.90. The lowest BCUT2D eigenvalue weighted by Gasteiger charge is -2.19. The minimum absolute atomic E-state index is 0.115. The van der Waals surface area contributed by atoms with Crippen molar-refractivity contribution in [1.29, 1.82) is 0 Å². The highest BCUT2D eigenvalue weighted by Crippen LogP contribution is 2.26. The van der Waals surface area contributed by atoms with E-state index in [1.54, 1.807) is 18.2 Å². The molecule has 0 aliphatic rings. The Balaban J connectivity index is 1.75. The standard InChI is InChI=1S/C20H23Cl2NO2/c1-20(2,3)14-6-9-16(10-7-14)25-12-4-5-19(24)23-18-13-15(21)8-11-17(18)22/h6-11,13H,4-5,12H2,1-3H3,(H,23,24). The molecule has 0 heterocycles. The molecule has 134 valence electrons. The molecule has 0 saturated carbocycles. The van der Waals surface area contributed by atoms with E-state index in [9.17, 15) is 4.79 Å². The first-order chi connectivity index (χ1) is 11.8. The number of carbonyl (C=O) groups excluding carboxylic acids is 1. The van der Waals surface area contributed by atoms with E-state index < -0.39 is 0 Å². The molecule has 1 N–H and O–H groups in total. The van der Waals surface area contributed by atoms with Gasteiger partial charge in [0, 0.05) is 11.4 Å². The van der Waals surface area contributed by atoms with E-state index in [0.717, 1.165) is 5.75 Å². The Bertz CT molecular complexity index is 721. The van der Waals surface area contributed by atoms with Gasteiger partial charge in [-0.2, -0.15) is 0 Å². The van der Waals surface area contributed by atoms with Crippen LogP contribution in [0.1, 0.15) is 39.2 Å². The van der Waals surface area contributed by atoms with Crippen LogP contribution in [0.15, 0.2) is 42.5 Å². The Kier molecular flexibility index (Phi) is 6.74. The molecule has 0 aromatic heterocycles. The van der Waals surface area contributed by atoms with Crippen LogP contribution in [0.3, 0.4) is 0 Å². The number of benzene rings is 2. The van der Waals surface area contributed by atoms with Crippen molar-refractivity contribution in [2.75, 3.05) is 11.9 Å². The molecule has 1 amide bonds. The maximum absolute atomic E-state index is 12.0. The summed E-state index contributed by atoms with van der Waals surface area (Å²) in [5.41, 5.74) is 1.91. The van der Waals surface area contributed by atoms with Crippen LogP contribution < -0.4 is 10.1 Å². The normalized spacial score (nSPS) is 11.2. The molecule has 0 spiro atoms. The number of hydrogen-bond acceptors (Lipinski definition) is 2. The molecule has 0 bridgehead atoms. The van der Waals surface area contributed by atoms with Gasteiger partial charge in [-0.15, -0.1) is 0 Å². The van der Waals surface area contributed by atoms with Crippen LogP contribution in [0, 0.1) is 0 Å². The van der Waals surface area contributed by atoms with Gasteiger partial charge in [-0.25, -0.2) is 0 Å². The van der Waals surface area contributed by atoms with E-state index in [0.29, 0.717) is 35.2 Å². The van der Waals surface area contributed by atoms with Crippen LogP contribution in [0.5, 0.6) is 5.75 Å². The van der Waals surface area contributed by atoms with Crippen molar-refractivity contribution in [2.45, 2.75) is 39.0 Å². The number of amides is 1. The molecule has 0 atom stereocenters. The van der Waals surface area contributed by atoms with Crippen molar-refractivity contribution in [3.05, 3.63) is 58.1 Å². The number of rotatable bonds is 6. The highest BCUT2D eigenvalue weighted by molar-refractivity contribution is 6.35. The van der Waals surface area contributed by atoms with Crippen molar-refractivity contribution in [3.8, 4) is 5.75 Å². The van der Waals surface area contributed by atoms with E-state index >= 15 is 0 Å². The predicted molar refractivity (Wildman–Crippen MR) is 105 cm³/mol. The monoisotopic (exact) mass is 379 g/mol. The molecule has 2 aromatic carbocycles. The fourth-order valence-corrected chi connectivity index (χ4v) is 2.62. The SMILES string of the molecule is CC(C)(C)c1ccc(OCCCC(=O)Nc2cc(Cl)ccc2Cl)cc1. The lowest BCUT2D eigenvalue weighted by atomic mass is 9.87. The lowest BCUT2D eigenvalue weighted by molar-refractivity contribution is -0.116. The maximum Gasteiger partial charge on any atom is 0.224 e. The Morgan fingerprint density at radius 1 is 1.08 bits per heavy atom. The zero-order valence-corrected chi connectivity index (χ0v) is 16.2. The van der Waals surface area contributed by atoms with E-state index in [1.807, 2.05) is 12.1 Å². The third-order valence-electron chi connectivity index (χ3n) is 3.74. The average molecular weight is 380 g/mol. The largest absolute Gasteiger partial charge is 0.494 e. The third-order valence-corrected chi connectivity index (χ3v) is 4.30. The lowest BCUT2D eigenvalue weighted by Crippen LogP contribution is -2.13. The van der Waals surface area contributed by atoms with Gasteiger partial charge in [-0.1, -0.05) is 56.1 Å². The van der Waals surface area contributed by atoms with Crippen molar-refractivity contribution in [3.63, 3.8) is 0 Å². The molecule has 0 unspecified atom stereocenters. The molecule has 0 saturated heterocycles. The van der Waals surface area contributed by atoms with Crippen LogP contribution in [0.25, 0.3) is 0 Å². The van der Waals surface area contributed by atoms with Crippen LogP contribution in [-0.2, 0) is 10.2 Å². The average Bonchev–Trinajstić information content (AvgIpc) is 2.55. The van der Waals surface area contributed by atoms with Gasteiger partial charge < -0.3 is 10.1 Å². The van der Waals surface area contributed by atoms with Crippen LogP contribution in [0.2, 0.25) is 10.0 Å².